The number of aromatic amines is 2. The fourth-order valence-corrected chi connectivity index (χ4v) is 9.59. The van der Waals surface area contributed by atoms with Crippen LogP contribution in [0, 0.1) is 11.8 Å². The van der Waals surface area contributed by atoms with Gasteiger partial charge in [-0.1, -0.05) is 58.4 Å². The maximum atomic E-state index is 13.7. The van der Waals surface area contributed by atoms with E-state index in [-0.39, 0.29) is 41.1 Å². The highest BCUT2D eigenvalue weighted by atomic mass is 16.5. The van der Waals surface area contributed by atoms with Crippen molar-refractivity contribution in [1.29, 1.82) is 0 Å². The fraction of sp³-hybridized carbons (Fsp3) is 0.500. The van der Waals surface area contributed by atoms with Crippen LogP contribution in [0.2, 0.25) is 0 Å². The first-order chi connectivity index (χ1) is 27.9. The third-order valence-corrected chi connectivity index (χ3v) is 12.9. The van der Waals surface area contributed by atoms with Gasteiger partial charge in [0.05, 0.1) is 50.1 Å². The Morgan fingerprint density at radius 2 is 1.12 bits per heavy atom. The van der Waals surface area contributed by atoms with E-state index in [4.69, 9.17) is 19.4 Å². The Bertz CT molecular complexity index is 2070. The van der Waals surface area contributed by atoms with E-state index in [1.165, 1.54) is 36.5 Å². The maximum absolute atomic E-state index is 13.7. The standard InChI is InChI=1S/C44H54N8O6/c1-24(2)36(49-42(55)57-5)40(53)51-18-7-10-34(51)38-45-22-32(47-38)26-12-14-28-29-15-13-27(21-31(29)44(16-9-17-44)30(28)20-26)33-23-46-39(48-33)35-11-8-19-52(35)41(54)37(25(3)4)50-43(56)58-6/h12-15,20-25,34-37H,7-11,16-19H2,1-6H3,(H,45,47)(H,46,48)(H,49,55)(H,50,56)/t34-,35-,36-,37-/m0/s1. The number of hydrogen-bond acceptors (Lipinski definition) is 8. The summed E-state index contributed by atoms with van der Waals surface area (Å²) in [5, 5.41) is 5.45. The second-order valence-electron chi connectivity index (χ2n) is 16.9. The molecule has 0 bridgehead atoms. The quantitative estimate of drug-likeness (QED) is 0.133. The van der Waals surface area contributed by atoms with E-state index < -0.39 is 24.3 Å². The number of ether oxygens (including phenoxy) is 2. The summed E-state index contributed by atoms with van der Waals surface area (Å²) in [6.07, 6.45) is 9.05. The van der Waals surface area contributed by atoms with Gasteiger partial charge in [-0.15, -0.1) is 0 Å². The Balaban J connectivity index is 1.02. The normalized spacial score (nSPS) is 20.1. The maximum Gasteiger partial charge on any atom is 0.407 e. The molecule has 2 saturated heterocycles. The molecular formula is C44H54N8O6. The Kier molecular flexibility index (Phi) is 10.5. The number of H-pyrrole nitrogens is 2. The minimum Gasteiger partial charge on any atom is -0.453 e. The van der Waals surface area contributed by atoms with Gasteiger partial charge in [-0.25, -0.2) is 19.6 Å². The molecule has 2 aromatic heterocycles. The van der Waals surface area contributed by atoms with Crippen molar-refractivity contribution in [3.8, 4) is 33.6 Å². The number of aromatic nitrogens is 4. The molecular weight excluding hydrogens is 737 g/mol. The van der Waals surface area contributed by atoms with Crippen LogP contribution in [0.25, 0.3) is 33.6 Å². The van der Waals surface area contributed by atoms with Crippen molar-refractivity contribution in [2.45, 2.75) is 102 Å². The van der Waals surface area contributed by atoms with Crippen molar-refractivity contribution in [3.63, 3.8) is 0 Å². The van der Waals surface area contributed by atoms with Crippen LogP contribution in [0.1, 0.15) is 108 Å². The number of hydrogen-bond donors (Lipinski definition) is 4. The fourth-order valence-electron chi connectivity index (χ4n) is 9.59. The number of likely N-dealkylation sites (tertiary alicyclic amines) is 2. The minimum atomic E-state index is -0.690. The minimum absolute atomic E-state index is 0.0806. The van der Waals surface area contributed by atoms with Crippen molar-refractivity contribution in [2.24, 2.45) is 11.8 Å². The van der Waals surface area contributed by atoms with Crippen molar-refractivity contribution < 1.29 is 28.7 Å². The third kappa shape index (κ3) is 6.79. The smallest absolute Gasteiger partial charge is 0.407 e. The number of carbonyl (C=O) groups is 4. The van der Waals surface area contributed by atoms with E-state index in [2.05, 4.69) is 57.0 Å². The van der Waals surface area contributed by atoms with E-state index in [1.54, 1.807) is 0 Å². The molecule has 2 aliphatic heterocycles. The lowest BCUT2D eigenvalue weighted by Crippen LogP contribution is -2.51. The number of fused-ring (bicyclic) bond motifs is 5. The Hall–Kier alpha value is -5.66. The summed E-state index contributed by atoms with van der Waals surface area (Å²) in [5.74, 6) is 1.02. The van der Waals surface area contributed by atoms with Crippen LogP contribution in [-0.2, 0) is 24.5 Å². The molecule has 1 saturated carbocycles. The highest BCUT2D eigenvalue weighted by molar-refractivity contribution is 5.88. The molecule has 4 heterocycles. The van der Waals surface area contributed by atoms with Crippen LogP contribution in [0.3, 0.4) is 0 Å². The SMILES string of the molecule is COC(=O)N[C@H](C(=O)N1CCC[C@H]1c1ncc(-c2ccc3c(c2)C2(CCC2)c2cc(-c4cnc([C@@H]5CCCN5C(=O)[C@@H](NC(=O)OC)C(C)C)[nH]4)ccc2-3)[nH]1)C(C)C. The molecule has 4 N–H and O–H groups in total. The van der Waals surface area contributed by atoms with Crippen LogP contribution in [-0.4, -0.2) is 93.1 Å². The van der Waals surface area contributed by atoms with Gasteiger partial charge in [0, 0.05) is 18.5 Å². The topological polar surface area (TPSA) is 175 Å². The third-order valence-electron chi connectivity index (χ3n) is 12.9. The number of amides is 4. The second-order valence-corrected chi connectivity index (χ2v) is 16.9. The molecule has 14 heteroatoms. The molecule has 8 rings (SSSR count). The van der Waals surface area contributed by atoms with Crippen LogP contribution >= 0.6 is 0 Å². The van der Waals surface area contributed by atoms with Gasteiger partial charge in [-0.3, -0.25) is 9.59 Å². The molecule has 4 aromatic rings. The molecule has 4 atom stereocenters. The molecule has 0 radical (unpaired) electrons. The Labute approximate surface area is 338 Å². The first-order valence-electron chi connectivity index (χ1n) is 20.6. The zero-order valence-corrected chi connectivity index (χ0v) is 34.2. The monoisotopic (exact) mass is 790 g/mol. The van der Waals surface area contributed by atoms with Gasteiger partial charge in [-0.2, -0.15) is 0 Å². The summed E-state index contributed by atoms with van der Waals surface area (Å²) >= 11 is 0. The number of carbonyl (C=O) groups excluding carboxylic acids is 4. The zero-order valence-electron chi connectivity index (χ0n) is 34.2. The molecule has 0 unspecified atom stereocenters. The van der Waals surface area contributed by atoms with Gasteiger partial charge in [0.2, 0.25) is 11.8 Å². The molecule has 58 heavy (non-hydrogen) atoms. The van der Waals surface area contributed by atoms with Crippen LogP contribution < -0.4 is 10.6 Å². The summed E-state index contributed by atoms with van der Waals surface area (Å²) in [7, 11) is 2.60. The van der Waals surface area contributed by atoms with Crippen LogP contribution in [0.5, 0.6) is 0 Å². The Morgan fingerprint density at radius 3 is 1.48 bits per heavy atom. The van der Waals surface area contributed by atoms with E-state index in [1.807, 2.05) is 49.9 Å². The van der Waals surface area contributed by atoms with E-state index in [0.717, 1.165) is 79.1 Å². The van der Waals surface area contributed by atoms with E-state index in [0.29, 0.717) is 13.1 Å². The van der Waals surface area contributed by atoms with Gasteiger partial charge in [0.1, 0.15) is 23.7 Å². The number of nitrogens with zero attached hydrogens (tertiary/aromatic N) is 4. The molecule has 4 aliphatic rings. The predicted octanol–water partition coefficient (Wildman–Crippen LogP) is 7.01. The van der Waals surface area contributed by atoms with E-state index in [9.17, 15) is 19.2 Å². The van der Waals surface area contributed by atoms with Crippen molar-refractivity contribution in [3.05, 3.63) is 71.6 Å². The highest BCUT2D eigenvalue weighted by Gasteiger charge is 2.48. The second kappa shape index (κ2) is 15.6. The summed E-state index contributed by atoms with van der Waals surface area (Å²) in [6, 6.07) is 11.6. The highest BCUT2D eigenvalue weighted by Crippen LogP contribution is 2.59. The lowest BCUT2D eigenvalue weighted by atomic mass is 9.62. The van der Waals surface area contributed by atoms with Gasteiger partial charge in [0.25, 0.3) is 0 Å². The summed E-state index contributed by atoms with van der Waals surface area (Å²) in [6.45, 7) is 8.85. The Morgan fingerprint density at radius 1 is 0.690 bits per heavy atom. The van der Waals surface area contributed by atoms with Crippen molar-refractivity contribution >= 4 is 24.0 Å². The average Bonchev–Trinajstić information content (AvgIpc) is 4.05. The number of imidazole rings is 2. The number of benzene rings is 2. The summed E-state index contributed by atoms with van der Waals surface area (Å²) in [4.78, 5) is 71.9. The molecule has 2 aromatic carbocycles. The van der Waals surface area contributed by atoms with Gasteiger partial charge in [0.15, 0.2) is 0 Å². The van der Waals surface area contributed by atoms with Crippen LogP contribution in [0.15, 0.2) is 48.8 Å². The van der Waals surface area contributed by atoms with Gasteiger partial charge < -0.3 is 39.9 Å². The summed E-state index contributed by atoms with van der Waals surface area (Å²) < 4.78 is 9.59. The molecule has 3 fully saturated rings. The van der Waals surface area contributed by atoms with Crippen molar-refractivity contribution in [2.75, 3.05) is 27.3 Å². The van der Waals surface area contributed by atoms with Crippen molar-refractivity contribution in [1.82, 2.24) is 40.4 Å². The molecule has 2 aliphatic carbocycles. The van der Waals surface area contributed by atoms with Gasteiger partial charge >= 0.3 is 12.2 Å². The largest absolute Gasteiger partial charge is 0.453 e. The zero-order chi connectivity index (χ0) is 40.9. The first-order valence-corrected chi connectivity index (χ1v) is 20.6. The number of alkyl carbamates (subject to hydrolysis) is 2. The first kappa shape index (κ1) is 39.2. The number of nitrogens with one attached hydrogen (secondary N) is 4. The van der Waals surface area contributed by atoms with E-state index >= 15 is 0 Å². The van der Waals surface area contributed by atoms with Gasteiger partial charge in [-0.05, 0) is 95.9 Å². The lowest BCUT2D eigenvalue weighted by Gasteiger charge is -2.41. The molecule has 1 spiro atoms. The summed E-state index contributed by atoms with van der Waals surface area (Å²) in [5.41, 5.74) is 8.99. The molecule has 4 amide bonds. The number of rotatable bonds is 10. The molecule has 306 valence electrons. The number of methoxy groups -OCH3 is 2. The average molecular weight is 791 g/mol. The lowest BCUT2D eigenvalue weighted by molar-refractivity contribution is -0.136. The molecule has 14 nitrogen and oxygen atoms in total. The van der Waals surface area contributed by atoms with Crippen LogP contribution in [0.4, 0.5) is 9.59 Å². The predicted molar refractivity (Wildman–Crippen MR) is 217 cm³/mol.